The molecule has 2 aliphatic carbocycles. The minimum Gasteiger partial charge on any atom is -0.490 e. The van der Waals surface area contributed by atoms with Gasteiger partial charge in [-0.05, 0) is 129 Å². The molecule has 7 nitrogen and oxygen atoms in total. The van der Waals surface area contributed by atoms with Crippen molar-refractivity contribution >= 4 is 56.7 Å². The van der Waals surface area contributed by atoms with E-state index in [2.05, 4.69) is 47.8 Å². The molecule has 0 unspecified atom stereocenters. The number of rotatable bonds is 4. The third-order valence-corrected chi connectivity index (χ3v) is 17.4. The van der Waals surface area contributed by atoms with Gasteiger partial charge < -0.3 is 14.4 Å². The van der Waals surface area contributed by atoms with E-state index in [9.17, 15) is 13.2 Å². The number of thioether (sulfide) groups is 2. The number of sulfonamides is 1. The highest BCUT2D eigenvalue weighted by molar-refractivity contribution is 8.17. The van der Waals surface area contributed by atoms with Crippen LogP contribution in [-0.4, -0.2) is 67.6 Å². The fourth-order valence-electron chi connectivity index (χ4n) is 8.82. The first kappa shape index (κ1) is 37.5. The van der Waals surface area contributed by atoms with Gasteiger partial charge in [0.1, 0.15) is 11.4 Å². The van der Waals surface area contributed by atoms with Crippen molar-refractivity contribution in [2.45, 2.75) is 93.5 Å². The largest absolute Gasteiger partial charge is 0.490 e. The number of hydrogen-bond acceptors (Lipinski definition) is 8. The first-order valence-corrected chi connectivity index (χ1v) is 22.8. The topological polar surface area (TPSA) is 84.9 Å². The zero-order valence-corrected chi connectivity index (χ0v) is 33.6. The summed E-state index contributed by atoms with van der Waals surface area (Å²) < 4.78 is 43.9. The molecule has 1 spiro atoms. The molecule has 2 aromatic rings. The average Bonchev–Trinajstić information content (AvgIpc) is 3.24. The van der Waals surface area contributed by atoms with Gasteiger partial charge in [0, 0.05) is 29.1 Å². The number of allylic oxidation sites excluding steroid dienone is 1. The van der Waals surface area contributed by atoms with E-state index in [1.54, 1.807) is 13.0 Å². The van der Waals surface area contributed by atoms with Gasteiger partial charge in [-0.3, -0.25) is 4.79 Å². The predicted octanol–water partition coefficient (Wildman–Crippen LogP) is 8.49. The van der Waals surface area contributed by atoms with Crippen molar-refractivity contribution in [3.63, 3.8) is 0 Å². The Hall–Kier alpha value is -1.85. The van der Waals surface area contributed by atoms with Gasteiger partial charge in [0.25, 0.3) is 5.91 Å². The Morgan fingerprint density at radius 1 is 1.10 bits per heavy atom. The molecule has 5 aliphatic rings. The van der Waals surface area contributed by atoms with Crippen molar-refractivity contribution in [3.8, 4) is 5.75 Å². The second-order valence-corrected chi connectivity index (χ2v) is 21.2. The summed E-state index contributed by atoms with van der Waals surface area (Å²) in [5.41, 5.74) is 3.01. The molecule has 1 saturated carbocycles. The molecular formula is C40H53ClN2O5S3. The number of ether oxygens (including phenoxy) is 2. The van der Waals surface area contributed by atoms with E-state index in [1.165, 1.54) is 17.5 Å². The summed E-state index contributed by atoms with van der Waals surface area (Å²) in [6, 6.07) is 11.7. The highest BCUT2D eigenvalue weighted by Gasteiger charge is 2.54. The van der Waals surface area contributed by atoms with Crippen molar-refractivity contribution in [3.05, 3.63) is 70.3 Å². The van der Waals surface area contributed by atoms with Crippen LogP contribution in [0.1, 0.15) is 87.7 Å². The molecule has 2 bridgehead atoms. The maximum atomic E-state index is 13.7. The summed E-state index contributed by atoms with van der Waals surface area (Å²) >= 11 is 10.6. The Morgan fingerprint density at radius 3 is 2.65 bits per heavy atom. The van der Waals surface area contributed by atoms with E-state index in [4.69, 9.17) is 21.1 Å². The van der Waals surface area contributed by atoms with Gasteiger partial charge in [-0.15, -0.1) is 23.5 Å². The van der Waals surface area contributed by atoms with Gasteiger partial charge in [0.05, 0.1) is 28.7 Å². The lowest BCUT2D eigenvalue weighted by molar-refractivity contribution is -0.0955. The van der Waals surface area contributed by atoms with Crippen molar-refractivity contribution in [1.82, 2.24) is 4.72 Å². The SMILES string of the molecule is CC(C)CO[C@@]1(C2SCCCS2)/C=C/C[C@H](C)[C@@H](C)S(=O)(=O)NC(=O)c2ccc3c(c2)N(C[C@@H]2CC[C@H]21)C[C@@]1(CCCc2cc(Cl)ccc21)CO3. The van der Waals surface area contributed by atoms with Crippen molar-refractivity contribution in [2.24, 2.45) is 23.7 Å². The van der Waals surface area contributed by atoms with Crippen LogP contribution in [0.2, 0.25) is 5.02 Å². The van der Waals surface area contributed by atoms with E-state index in [1.807, 2.05) is 48.6 Å². The van der Waals surface area contributed by atoms with Gasteiger partial charge in [-0.25, -0.2) is 13.1 Å². The third kappa shape index (κ3) is 7.47. The van der Waals surface area contributed by atoms with Crippen LogP contribution in [-0.2, 0) is 26.6 Å². The van der Waals surface area contributed by atoms with Crippen LogP contribution < -0.4 is 14.4 Å². The van der Waals surface area contributed by atoms with Crippen molar-refractivity contribution in [1.29, 1.82) is 0 Å². The number of carbonyl (C=O) groups excluding carboxylic acids is 1. The molecule has 11 heteroatoms. The zero-order valence-electron chi connectivity index (χ0n) is 30.4. The Morgan fingerprint density at radius 2 is 1.90 bits per heavy atom. The van der Waals surface area contributed by atoms with E-state index in [-0.39, 0.29) is 15.9 Å². The molecule has 1 N–H and O–H groups in total. The first-order valence-electron chi connectivity index (χ1n) is 18.8. The normalized spacial score (nSPS) is 33.3. The number of carbonyl (C=O) groups is 1. The van der Waals surface area contributed by atoms with Crippen LogP contribution in [0.5, 0.6) is 5.75 Å². The van der Waals surface area contributed by atoms with Crippen LogP contribution in [0, 0.1) is 23.7 Å². The van der Waals surface area contributed by atoms with Crippen molar-refractivity contribution in [2.75, 3.05) is 42.7 Å². The number of halogens is 1. The molecule has 278 valence electrons. The molecular weight excluding hydrogens is 720 g/mol. The Balaban J connectivity index is 1.35. The summed E-state index contributed by atoms with van der Waals surface area (Å²) in [7, 11) is -3.94. The monoisotopic (exact) mass is 772 g/mol. The maximum absolute atomic E-state index is 13.7. The highest BCUT2D eigenvalue weighted by Crippen LogP contribution is 2.54. The molecule has 1 saturated heterocycles. The molecule has 7 rings (SSSR count). The lowest BCUT2D eigenvalue weighted by Crippen LogP contribution is -2.57. The van der Waals surface area contributed by atoms with Crippen molar-refractivity contribution < 1.29 is 22.7 Å². The smallest absolute Gasteiger partial charge is 0.264 e. The number of benzene rings is 2. The zero-order chi connectivity index (χ0) is 36.0. The first-order chi connectivity index (χ1) is 24.4. The minimum atomic E-state index is -3.94. The van der Waals surface area contributed by atoms with Crippen LogP contribution in [0.15, 0.2) is 48.6 Å². The summed E-state index contributed by atoms with van der Waals surface area (Å²) in [6.07, 6.45) is 11.5. The molecule has 2 fully saturated rings. The molecule has 2 aromatic carbocycles. The third-order valence-electron chi connectivity index (χ3n) is 12.0. The van der Waals surface area contributed by atoms with E-state index >= 15 is 0 Å². The standard InChI is InChI=1S/C40H53ClN2O5S3/c1-26(2)23-48-40(38-49-18-7-19-50-38)17-5-8-27(3)28(4)51(45,46)42-37(44)30-11-15-36-35(21-30)43(22-31-10-13-34(31)40)24-39(25-47-36)16-6-9-29-20-32(41)12-14-33(29)39/h5,11-12,14-15,17,20-21,26-28,31,34,38H,6-10,13,16,18-19,22-25H2,1-4H3,(H,42,44)/b17-5+/t27-,28+,31-,34+,39-,40-/m0/s1. The van der Waals surface area contributed by atoms with E-state index in [0.29, 0.717) is 43.0 Å². The Kier molecular flexibility index (Phi) is 11.1. The van der Waals surface area contributed by atoms with Gasteiger partial charge in [0.2, 0.25) is 10.0 Å². The van der Waals surface area contributed by atoms with Crippen LogP contribution in [0.25, 0.3) is 0 Å². The summed E-state index contributed by atoms with van der Waals surface area (Å²) in [6.45, 7) is 10.8. The fourth-order valence-corrected chi connectivity index (χ4v) is 13.7. The highest BCUT2D eigenvalue weighted by atomic mass is 35.5. The van der Waals surface area contributed by atoms with Crippen LogP contribution in [0.4, 0.5) is 5.69 Å². The summed E-state index contributed by atoms with van der Waals surface area (Å²) in [4.78, 5) is 16.1. The molecule has 0 aromatic heterocycles. The van der Waals surface area contributed by atoms with Gasteiger partial charge in [-0.1, -0.05) is 50.6 Å². The Labute approximate surface area is 318 Å². The van der Waals surface area contributed by atoms with E-state index in [0.717, 1.165) is 73.2 Å². The minimum absolute atomic E-state index is 0.202. The molecule has 3 aliphatic heterocycles. The maximum Gasteiger partial charge on any atom is 0.264 e. The predicted molar refractivity (Wildman–Crippen MR) is 212 cm³/mol. The average molecular weight is 774 g/mol. The number of anilines is 1. The molecule has 1 amide bonds. The summed E-state index contributed by atoms with van der Waals surface area (Å²) in [5.74, 6) is 3.20. The number of aryl methyl sites for hydroxylation is 1. The van der Waals surface area contributed by atoms with Gasteiger partial charge >= 0.3 is 0 Å². The lowest BCUT2D eigenvalue weighted by Gasteiger charge is -2.54. The number of nitrogens with one attached hydrogen (secondary N) is 1. The number of fused-ring (bicyclic) bond motifs is 4. The lowest BCUT2D eigenvalue weighted by atomic mass is 9.64. The molecule has 51 heavy (non-hydrogen) atoms. The van der Waals surface area contributed by atoms with Crippen LogP contribution in [0.3, 0.4) is 0 Å². The quantitative estimate of drug-likeness (QED) is 0.310. The number of nitrogens with zero attached hydrogens (tertiary/aromatic N) is 1. The Bertz CT molecular complexity index is 1750. The number of amides is 1. The molecule has 0 radical (unpaired) electrons. The van der Waals surface area contributed by atoms with Gasteiger partial charge in [0.15, 0.2) is 0 Å². The van der Waals surface area contributed by atoms with Crippen LogP contribution >= 0.6 is 35.1 Å². The summed E-state index contributed by atoms with van der Waals surface area (Å²) in [5, 5.41) is -0.00947. The molecule has 6 atom stereocenters. The second-order valence-electron chi connectivity index (χ2n) is 16.0. The second kappa shape index (κ2) is 15.1. The van der Waals surface area contributed by atoms with Gasteiger partial charge in [-0.2, -0.15) is 0 Å². The number of hydrogen-bond donors (Lipinski definition) is 1. The molecule has 3 heterocycles. The fraction of sp³-hybridized carbons (Fsp3) is 0.625. The van der Waals surface area contributed by atoms with E-state index < -0.39 is 26.8 Å².